The van der Waals surface area contributed by atoms with Gasteiger partial charge >= 0.3 is 6.18 Å². The highest BCUT2D eigenvalue weighted by molar-refractivity contribution is 4.92. The molecule has 5 heteroatoms. The first-order chi connectivity index (χ1) is 7.74. The maximum Gasteiger partial charge on any atom is 0.405 e. The molecule has 1 aliphatic rings. The molecule has 1 fully saturated rings. The van der Waals surface area contributed by atoms with Crippen LogP contribution in [0.25, 0.3) is 0 Å². The quantitative estimate of drug-likeness (QED) is 0.832. The molecule has 0 radical (unpaired) electrons. The van der Waals surface area contributed by atoms with E-state index in [0.717, 1.165) is 25.7 Å². The van der Waals surface area contributed by atoms with Crippen molar-refractivity contribution in [1.82, 2.24) is 5.32 Å². The number of hydrogen-bond acceptors (Lipinski definition) is 2. The van der Waals surface area contributed by atoms with Crippen molar-refractivity contribution in [2.75, 3.05) is 6.54 Å². The van der Waals surface area contributed by atoms with E-state index in [0.29, 0.717) is 0 Å². The number of alkyl halides is 3. The van der Waals surface area contributed by atoms with E-state index in [2.05, 4.69) is 19.2 Å². The smallest absolute Gasteiger partial charge is 0.312 e. The second-order valence-corrected chi connectivity index (χ2v) is 5.59. The van der Waals surface area contributed by atoms with Crippen LogP contribution in [0.15, 0.2) is 0 Å². The molecule has 0 amide bonds. The third-order valence-electron chi connectivity index (χ3n) is 3.37. The van der Waals surface area contributed by atoms with Crippen molar-refractivity contribution in [3.8, 4) is 6.07 Å². The molecule has 0 bridgehead atoms. The van der Waals surface area contributed by atoms with Gasteiger partial charge in [-0.05, 0) is 24.7 Å². The molecule has 17 heavy (non-hydrogen) atoms. The van der Waals surface area contributed by atoms with Crippen LogP contribution in [0.4, 0.5) is 13.2 Å². The van der Waals surface area contributed by atoms with Crippen LogP contribution in [0.5, 0.6) is 0 Å². The van der Waals surface area contributed by atoms with Gasteiger partial charge in [0.25, 0.3) is 0 Å². The maximum absolute atomic E-state index is 12.4. The van der Waals surface area contributed by atoms with E-state index in [1.165, 1.54) is 6.07 Å². The molecule has 98 valence electrons. The fraction of sp³-hybridized carbons (Fsp3) is 0.917. The number of nitrogens with zero attached hydrogens (tertiary/aromatic N) is 1. The second-order valence-electron chi connectivity index (χ2n) is 5.59. The van der Waals surface area contributed by atoms with Gasteiger partial charge in [0.15, 0.2) is 5.92 Å². The molecule has 2 nitrogen and oxygen atoms in total. The molecular formula is C12H19F3N2. The first kappa shape index (κ1) is 14.3. The molecule has 0 spiro atoms. The standard InChI is InChI=1S/C12H19F3N2/c1-11(2)5-3-4-10(6-11)17-8-9(7-16)12(13,14)15/h9-10,17H,3-6,8H2,1-2H3. The third-order valence-corrected chi connectivity index (χ3v) is 3.37. The Balaban J connectivity index is 2.43. The van der Waals surface area contributed by atoms with Crippen LogP contribution in [0.3, 0.4) is 0 Å². The summed E-state index contributed by atoms with van der Waals surface area (Å²) < 4.78 is 37.1. The van der Waals surface area contributed by atoms with Crippen LogP contribution in [-0.2, 0) is 0 Å². The zero-order valence-corrected chi connectivity index (χ0v) is 10.3. The third kappa shape index (κ3) is 4.55. The van der Waals surface area contributed by atoms with Crippen LogP contribution in [0.2, 0.25) is 0 Å². The Morgan fingerprint density at radius 3 is 2.59 bits per heavy atom. The van der Waals surface area contributed by atoms with E-state index in [-0.39, 0.29) is 18.0 Å². The summed E-state index contributed by atoms with van der Waals surface area (Å²) in [5.74, 6) is -1.90. The number of nitrogens with one attached hydrogen (secondary N) is 1. The maximum atomic E-state index is 12.4. The summed E-state index contributed by atoms with van der Waals surface area (Å²) in [5.41, 5.74) is 0.191. The fourth-order valence-corrected chi connectivity index (χ4v) is 2.39. The van der Waals surface area contributed by atoms with E-state index in [1.54, 1.807) is 0 Å². The Kier molecular flexibility index (Phi) is 4.42. The lowest BCUT2D eigenvalue weighted by Crippen LogP contribution is -2.42. The second kappa shape index (κ2) is 5.26. The van der Waals surface area contributed by atoms with Crippen LogP contribution in [0.1, 0.15) is 39.5 Å². The molecule has 1 saturated carbocycles. The Bertz CT molecular complexity index is 291. The Morgan fingerprint density at radius 2 is 2.12 bits per heavy atom. The van der Waals surface area contributed by atoms with Gasteiger partial charge in [-0.15, -0.1) is 0 Å². The monoisotopic (exact) mass is 248 g/mol. The predicted octanol–water partition coefficient (Wildman–Crippen LogP) is 3.25. The van der Waals surface area contributed by atoms with Gasteiger partial charge in [0.2, 0.25) is 0 Å². The molecule has 0 aromatic heterocycles. The summed E-state index contributed by atoms with van der Waals surface area (Å²) in [4.78, 5) is 0. The summed E-state index contributed by atoms with van der Waals surface area (Å²) in [6, 6.07) is 1.42. The number of rotatable bonds is 3. The van der Waals surface area contributed by atoms with Crippen molar-refractivity contribution in [3.05, 3.63) is 0 Å². The van der Waals surface area contributed by atoms with Crippen molar-refractivity contribution in [3.63, 3.8) is 0 Å². The minimum atomic E-state index is -4.42. The summed E-state index contributed by atoms with van der Waals surface area (Å²) in [7, 11) is 0. The zero-order valence-electron chi connectivity index (χ0n) is 10.3. The molecular weight excluding hydrogens is 229 g/mol. The number of nitriles is 1. The van der Waals surface area contributed by atoms with Gasteiger partial charge in [-0.1, -0.05) is 20.3 Å². The van der Waals surface area contributed by atoms with Crippen LogP contribution in [0, 0.1) is 22.7 Å². The van der Waals surface area contributed by atoms with Crippen LogP contribution < -0.4 is 5.32 Å². The summed E-state index contributed by atoms with van der Waals surface area (Å²) in [6.45, 7) is 3.97. The first-order valence-electron chi connectivity index (χ1n) is 5.94. The molecule has 0 aromatic carbocycles. The van der Waals surface area contributed by atoms with Crippen LogP contribution in [-0.4, -0.2) is 18.8 Å². The van der Waals surface area contributed by atoms with Gasteiger partial charge in [0.1, 0.15) is 0 Å². The van der Waals surface area contributed by atoms with E-state index >= 15 is 0 Å². The highest BCUT2D eigenvalue weighted by Gasteiger charge is 2.40. The Labute approximate surface area is 100 Å². The Morgan fingerprint density at radius 1 is 1.47 bits per heavy atom. The van der Waals surface area contributed by atoms with Gasteiger partial charge < -0.3 is 5.32 Å². The van der Waals surface area contributed by atoms with E-state index in [1.807, 2.05) is 0 Å². The molecule has 0 heterocycles. The van der Waals surface area contributed by atoms with Gasteiger partial charge in [0, 0.05) is 12.6 Å². The molecule has 2 unspecified atom stereocenters. The van der Waals surface area contributed by atoms with Gasteiger partial charge in [-0.2, -0.15) is 18.4 Å². The number of hydrogen-bond donors (Lipinski definition) is 1. The van der Waals surface area contributed by atoms with Crippen LogP contribution >= 0.6 is 0 Å². The highest BCUT2D eigenvalue weighted by Crippen LogP contribution is 2.35. The summed E-state index contributed by atoms with van der Waals surface area (Å²) >= 11 is 0. The van der Waals surface area contributed by atoms with Crippen molar-refractivity contribution < 1.29 is 13.2 Å². The average molecular weight is 248 g/mol. The van der Waals surface area contributed by atoms with E-state index in [4.69, 9.17) is 5.26 Å². The molecule has 0 saturated heterocycles. The topological polar surface area (TPSA) is 35.8 Å². The molecule has 1 aliphatic carbocycles. The molecule has 1 rings (SSSR count). The molecule has 1 N–H and O–H groups in total. The number of halogens is 3. The van der Waals surface area contributed by atoms with Gasteiger partial charge in [-0.25, -0.2) is 0 Å². The molecule has 0 aromatic rings. The normalized spacial score (nSPS) is 26.2. The lowest BCUT2D eigenvalue weighted by atomic mass is 9.75. The zero-order chi connectivity index (χ0) is 13.1. The van der Waals surface area contributed by atoms with Gasteiger partial charge in [-0.3, -0.25) is 0 Å². The van der Waals surface area contributed by atoms with E-state index in [9.17, 15) is 13.2 Å². The van der Waals surface area contributed by atoms with Crippen molar-refractivity contribution >= 4 is 0 Å². The summed E-state index contributed by atoms with van der Waals surface area (Å²) in [5, 5.41) is 11.4. The van der Waals surface area contributed by atoms with E-state index < -0.39 is 12.1 Å². The fourth-order valence-electron chi connectivity index (χ4n) is 2.39. The van der Waals surface area contributed by atoms with Crippen molar-refractivity contribution in [1.29, 1.82) is 5.26 Å². The summed E-state index contributed by atoms with van der Waals surface area (Å²) in [6.07, 6.45) is -0.492. The lowest BCUT2D eigenvalue weighted by molar-refractivity contribution is -0.158. The minimum Gasteiger partial charge on any atom is -0.312 e. The average Bonchev–Trinajstić information content (AvgIpc) is 2.15. The highest BCUT2D eigenvalue weighted by atomic mass is 19.4. The lowest BCUT2D eigenvalue weighted by Gasteiger charge is -2.36. The SMILES string of the molecule is CC1(C)CCCC(NCC(C#N)C(F)(F)F)C1. The minimum absolute atomic E-state index is 0.108. The Hall–Kier alpha value is -0.760. The molecule has 0 aliphatic heterocycles. The molecule has 2 atom stereocenters. The first-order valence-corrected chi connectivity index (χ1v) is 5.94. The van der Waals surface area contributed by atoms with Crippen molar-refractivity contribution in [2.45, 2.75) is 51.7 Å². The van der Waals surface area contributed by atoms with Crippen molar-refractivity contribution in [2.24, 2.45) is 11.3 Å². The largest absolute Gasteiger partial charge is 0.405 e. The predicted molar refractivity (Wildman–Crippen MR) is 59.2 cm³/mol. The van der Waals surface area contributed by atoms with Gasteiger partial charge in [0.05, 0.1) is 6.07 Å².